The fraction of sp³-hybridized carbons (Fsp3) is 0.182. The van der Waals surface area contributed by atoms with Gasteiger partial charge in [-0.2, -0.15) is 5.26 Å². The second-order valence-electron chi connectivity index (χ2n) is 6.88. The van der Waals surface area contributed by atoms with Crippen molar-refractivity contribution in [3.05, 3.63) is 71.9 Å². The molecule has 29 heavy (non-hydrogen) atoms. The Hall–Kier alpha value is -3.92. The van der Waals surface area contributed by atoms with E-state index in [1.807, 2.05) is 36.4 Å². The van der Waals surface area contributed by atoms with Gasteiger partial charge in [0.15, 0.2) is 5.82 Å². The molecule has 0 fully saturated rings. The molecule has 0 aliphatic heterocycles. The topological polar surface area (TPSA) is 106 Å². The zero-order valence-corrected chi connectivity index (χ0v) is 15.7. The number of rotatable bonds is 4. The second kappa shape index (κ2) is 7.98. The molecule has 0 saturated heterocycles. The largest absolute Gasteiger partial charge is 0.326 e. The molecule has 144 valence electrons. The lowest BCUT2D eigenvalue weighted by Crippen LogP contribution is -2.31. The number of nitrogens with zero attached hydrogens (tertiary/aromatic N) is 3. The number of pyridine rings is 1. The molecule has 0 spiro atoms. The molecule has 3 N–H and O–H groups in total. The molecular weight excluding hydrogens is 366 g/mol. The third kappa shape index (κ3) is 3.87. The zero-order chi connectivity index (χ0) is 20.2. The lowest BCUT2D eigenvalue weighted by atomic mass is 9.91. The minimum Gasteiger partial charge on any atom is -0.326 e. The van der Waals surface area contributed by atoms with Gasteiger partial charge in [0.05, 0.1) is 11.8 Å². The van der Waals surface area contributed by atoms with E-state index in [9.17, 15) is 10.0 Å². The van der Waals surface area contributed by atoms with Crippen LogP contribution in [0.25, 0.3) is 16.8 Å². The molecule has 2 aromatic heterocycles. The van der Waals surface area contributed by atoms with Gasteiger partial charge in [0.25, 0.3) is 11.6 Å². The number of carbonyl (C=O) groups excluding carboxylic acids is 1. The van der Waals surface area contributed by atoms with Crippen LogP contribution in [-0.4, -0.2) is 21.1 Å². The SMILES string of the molecule is N#Cc1cnc(C(=O)Nc2ccc(-c3cccc[n+]3O)cc2C2=CCCCC2)[nH]1. The van der Waals surface area contributed by atoms with Crippen LogP contribution in [0.5, 0.6) is 0 Å². The molecule has 0 saturated carbocycles. The van der Waals surface area contributed by atoms with Gasteiger partial charge < -0.3 is 10.3 Å². The van der Waals surface area contributed by atoms with Gasteiger partial charge in [0.2, 0.25) is 6.20 Å². The van der Waals surface area contributed by atoms with Crippen molar-refractivity contribution >= 4 is 17.2 Å². The molecule has 0 bridgehead atoms. The number of imidazole rings is 1. The van der Waals surface area contributed by atoms with Crippen molar-refractivity contribution in [3.63, 3.8) is 0 Å². The number of nitriles is 1. The summed E-state index contributed by atoms with van der Waals surface area (Å²) < 4.78 is 1.08. The number of anilines is 1. The predicted molar refractivity (Wildman–Crippen MR) is 107 cm³/mol. The smallest absolute Gasteiger partial charge is 0.291 e. The number of allylic oxidation sites excluding steroid dienone is 2. The number of aromatic nitrogens is 3. The molecule has 0 unspecified atom stereocenters. The molecule has 0 atom stereocenters. The minimum absolute atomic E-state index is 0.0884. The zero-order valence-electron chi connectivity index (χ0n) is 15.7. The third-order valence-electron chi connectivity index (χ3n) is 4.95. The van der Waals surface area contributed by atoms with Crippen molar-refractivity contribution in [1.82, 2.24) is 9.97 Å². The van der Waals surface area contributed by atoms with E-state index < -0.39 is 5.91 Å². The summed E-state index contributed by atoms with van der Waals surface area (Å²) >= 11 is 0. The first-order chi connectivity index (χ1) is 14.2. The summed E-state index contributed by atoms with van der Waals surface area (Å²) in [5, 5.41) is 22.0. The fourth-order valence-electron chi connectivity index (χ4n) is 3.50. The van der Waals surface area contributed by atoms with Crippen LogP contribution in [0.4, 0.5) is 5.69 Å². The van der Waals surface area contributed by atoms with Crippen LogP contribution in [0, 0.1) is 11.3 Å². The van der Waals surface area contributed by atoms with Gasteiger partial charge in [-0.25, -0.2) is 4.98 Å². The standard InChI is InChI=1S/C22H19N5O2/c23-13-17-14-24-21(25-17)22(28)26-19-10-9-16(20-8-4-5-11-27(20)29)12-18(19)15-6-2-1-3-7-15/h4-6,8-12,14,29H,1-3,7H2,(H,24,25,28)/p+1. The number of hydrogen-bond donors (Lipinski definition) is 3. The average molecular weight is 386 g/mol. The molecule has 0 radical (unpaired) electrons. The van der Waals surface area contributed by atoms with Crippen molar-refractivity contribution in [3.8, 4) is 17.3 Å². The quantitative estimate of drug-likeness (QED) is 0.470. The highest BCUT2D eigenvalue weighted by molar-refractivity contribution is 6.03. The van der Waals surface area contributed by atoms with Crippen molar-refractivity contribution in [2.24, 2.45) is 0 Å². The Kier molecular flexibility index (Phi) is 5.08. The fourth-order valence-corrected chi connectivity index (χ4v) is 3.50. The Balaban J connectivity index is 1.73. The summed E-state index contributed by atoms with van der Waals surface area (Å²) in [5.41, 5.74) is 4.50. The van der Waals surface area contributed by atoms with Crippen molar-refractivity contribution in [2.45, 2.75) is 25.7 Å². The maximum absolute atomic E-state index is 12.6. The molecular formula is C22H20N5O2+. The Morgan fingerprint density at radius 1 is 1.28 bits per heavy atom. The molecule has 1 aromatic carbocycles. The average Bonchev–Trinajstić information content (AvgIpc) is 3.25. The lowest BCUT2D eigenvalue weighted by Gasteiger charge is -2.17. The first-order valence-corrected chi connectivity index (χ1v) is 9.46. The van der Waals surface area contributed by atoms with Crippen LogP contribution in [0.1, 0.15) is 47.6 Å². The molecule has 1 aliphatic rings. The van der Waals surface area contributed by atoms with Gasteiger partial charge in [-0.05, 0) is 55.5 Å². The molecule has 2 heterocycles. The summed E-state index contributed by atoms with van der Waals surface area (Å²) in [5.74, 6) is -0.320. The molecule has 1 amide bonds. The molecule has 1 aliphatic carbocycles. The van der Waals surface area contributed by atoms with E-state index >= 15 is 0 Å². The monoisotopic (exact) mass is 386 g/mol. The van der Waals surface area contributed by atoms with Gasteiger partial charge in [-0.1, -0.05) is 6.08 Å². The highest BCUT2D eigenvalue weighted by atomic mass is 16.5. The van der Waals surface area contributed by atoms with E-state index in [0.29, 0.717) is 11.4 Å². The maximum Gasteiger partial charge on any atom is 0.291 e. The van der Waals surface area contributed by atoms with Crippen molar-refractivity contribution < 1.29 is 14.7 Å². The van der Waals surface area contributed by atoms with E-state index in [1.54, 1.807) is 12.3 Å². The van der Waals surface area contributed by atoms with E-state index in [4.69, 9.17) is 5.26 Å². The lowest BCUT2D eigenvalue weighted by molar-refractivity contribution is -0.896. The highest BCUT2D eigenvalue weighted by Crippen LogP contribution is 2.34. The molecule has 7 nitrogen and oxygen atoms in total. The summed E-state index contributed by atoms with van der Waals surface area (Å²) in [6, 6.07) is 13.0. The summed E-state index contributed by atoms with van der Waals surface area (Å²) in [4.78, 5) is 19.3. The van der Waals surface area contributed by atoms with E-state index in [2.05, 4.69) is 21.4 Å². The van der Waals surface area contributed by atoms with Gasteiger partial charge in [0, 0.05) is 28.1 Å². The number of amides is 1. The van der Waals surface area contributed by atoms with Crippen LogP contribution in [0.2, 0.25) is 0 Å². The first-order valence-electron chi connectivity index (χ1n) is 9.46. The Labute approximate surface area is 167 Å². The summed E-state index contributed by atoms with van der Waals surface area (Å²) in [7, 11) is 0. The Bertz CT molecular complexity index is 1140. The minimum atomic E-state index is -0.408. The maximum atomic E-state index is 12.6. The van der Waals surface area contributed by atoms with Gasteiger partial charge in [-0.15, -0.1) is 0 Å². The molecule has 4 rings (SSSR count). The number of carbonyl (C=O) groups is 1. The van der Waals surface area contributed by atoms with Crippen LogP contribution >= 0.6 is 0 Å². The number of H-pyrrole nitrogens is 1. The van der Waals surface area contributed by atoms with Gasteiger partial charge in [0.1, 0.15) is 11.8 Å². The molecule has 3 aromatic rings. The van der Waals surface area contributed by atoms with Crippen LogP contribution in [0.15, 0.2) is 54.9 Å². The number of hydrogen-bond acceptors (Lipinski definition) is 4. The predicted octanol–water partition coefficient (Wildman–Crippen LogP) is 3.68. The van der Waals surface area contributed by atoms with Crippen LogP contribution < -0.4 is 10.0 Å². The number of nitrogens with one attached hydrogen (secondary N) is 2. The first kappa shape index (κ1) is 18.4. The van der Waals surface area contributed by atoms with Crippen molar-refractivity contribution in [1.29, 1.82) is 5.26 Å². The van der Waals surface area contributed by atoms with E-state index in [1.165, 1.54) is 11.8 Å². The van der Waals surface area contributed by atoms with Crippen molar-refractivity contribution in [2.75, 3.05) is 5.32 Å². The van der Waals surface area contributed by atoms with Crippen LogP contribution in [-0.2, 0) is 0 Å². The normalized spacial score (nSPS) is 13.4. The third-order valence-corrected chi connectivity index (χ3v) is 4.95. The summed E-state index contributed by atoms with van der Waals surface area (Å²) in [6.45, 7) is 0. The highest BCUT2D eigenvalue weighted by Gasteiger charge is 2.19. The Morgan fingerprint density at radius 3 is 2.90 bits per heavy atom. The Morgan fingerprint density at radius 2 is 2.17 bits per heavy atom. The number of benzene rings is 1. The van der Waals surface area contributed by atoms with E-state index in [-0.39, 0.29) is 11.5 Å². The second-order valence-corrected chi connectivity index (χ2v) is 6.88. The number of aromatic amines is 1. The van der Waals surface area contributed by atoms with E-state index in [0.717, 1.165) is 41.5 Å². The summed E-state index contributed by atoms with van der Waals surface area (Å²) in [6.07, 6.45) is 9.30. The van der Waals surface area contributed by atoms with Crippen LogP contribution in [0.3, 0.4) is 0 Å². The van der Waals surface area contributed by atoms with Gasteiger partial charge >= 0.3 is 0 Å². The molecule has 7 heteroatoms. The van der Waals surface area contributed by atoms with Gasteiger partial charge in [-0.3, -0.25) is 10.0 Å².